The fourth-order valence-electron chi connectivity index (χ4n) is 2.54. The molecular formula is C18H13IN2O. The Morgan fingerprint density at radius 2 is 1.86 bits per heavy atom. The second-order valence-electron chi connectivity index (χ2n) is 5.17. The zero-order valence-corrected chi connectivity index (χ0v) is 14.1. The molecule has 4 rings (SSSR count). The van der Waals surface area contributed by atoms with E-state index < -0.39 is 0 Å². The van der Waals surface area contributed by atoms with Crippen molar-refractivity contribution in [1.29, 1.82) is 0 Å². The summed E-state index contributed by atoms with van der Waals surface area (Å²) in [5.74, 6) is 0.677. The van der Waals surface area contributed by atoms with Crippen molar-refractivity contribution in [2.75, 3.05) is 0 Å². The number of halogens is 1. The quantitative estimate of drug-likeness (QED) is 0.433. The molecule has 0 aliphatic heterocycles. The van der Waals surface area contributed by atoms with Crippen molar-refractivity contribution in [3.63, 3.8) is 0 Å². The zero-order valence-electron chi connectivity index (χ0n) is 12.0. The highest BCUT2D eigenvalue weighted by Crippen LogP contribution is 2.29. The van der Waals surface area contributed by atoms with E-state index >= 15 is 0 Å². The van der Waals surface area contributed by atoms with Crippen molar-refractivity contribution >= 4 is 33.7 Å². The first-order valence-corrected chi connectivity index (χ1v) is 8.10. The van der Waals surface area contributed by atoms with Gasteiger partial charge in [0, 0.05) is 27.2 Å². The Morgan fingerprint density at radius 3 is 2.68 bits per heavy atom. The maximum absolute atomic E-state index is 5.94. The highest BCUT2D eigenvalue weighted by molar-refractivity contribution is 14.1. The van der Waals surface area contributed by atoms with Gasteiger partial charge in [0.05, 0.1) is 0 Å². The minimum atomic E-state index is 0.677. The van der Waals surface area contributed by atoms with E-state index in [1.165, 1.54) is 9.13 Å². The highest BCUT2D eigenvalue weighted by Gasteiger charge is 2.12. The standard InChI is InChI=1S/C18H13IN2O/c1-12-14(5-4-6-15(12)19)18-20-16-11-13(7-8-17(16)22-18)21-9-2-3-10-21/h2-11H,1H3. The van der Waals surface area contributed by atoms with Gasteiger partial charge in [-0.3, -0.25) is 0 Å². The molecule has 108 valence electrons. The van der Waals surface area contributed by atoms with E-state index in [1.807, 2.05) is 48.8 Å². The molecule has 0 saturated heterocycles. The van der Waals surface area contributed by atoms with Crippen LogP contribution in [0.4, 0.5) is 0 Å². The minimum absolute atomic E-state index is 0.677. The molecule has 0 bridgehead atoms. The van der Waals surface area contributed by atoms with Crippen LogP contribution in [-0.4, -0.2) is 9.55 Å². The molecule has 22 heavy (non-hydrogen) atoms. The van der Waals surface area contributed by atoms with Crippen LogP contribution < -0.4 is 0 Å². The molecule has 0 aliphatic rings. The second kappa shape index (κ2) is 5.28. The van der Waals surface area contributed by atoms with Gasteiger partial charge in [0.2, 0.25) is 5.89 Å². The second-order valence-corrected chi connectivity index (χ2v) is 6.34. The Kier molecular flexibility index (Phi) is 3.26. The lowest BCUT2D eigenvalue weighted by molar-refractivity contribution is 0.619. The van der Waals surface area contributed by atoms with Gasteiger partial charge in [0.15, 0.2) is 5.58 Å². The first-order chi connectivity index (χ1) is 10.7. The van der Waals surface area contributed by atoms with Crippen molar-refractivity contribution in [3.8, 4) is 17.1 Å². The molecule has 4 aromatic rings. The van der Waals surface area contributed by atoms with Crippen molar-refractivity contribution in [3.05, 3.63) is 70.1 Å². The molecule has 0 fully saturated rings. The van der Waals surface area contributed by atoms with Gasteiger partial charge in [0.1, 0.15) is 5.52 Å². The third-order valence-electron chi connectivity index (χ3n) is 3.77. The van der Waals surface area contributed by atoms with E-state index in [0.29, 0.717) is 5.89 Å². The maximum atomic E-state index is 5.94. The van der Waals surface area contributed by atoms with Crippen LogP contribution in [-0.2, 0) is 0 Å². The van der Waals surface area contributed by atoms with Gasteiger partial charge in [0.25, 0.3) is 0 Å². The van der Waals surface area contributed by atoms with Crippen molar-refractivity contribution < 1.29 is 4.42 Å². The predicted molar refractivity (Wildman–Crippen MR) is 96.2 cm³/mol. The molecule has 2 aromatic heterocycles. The maximum Gasteiger partial charge on any atom is 0.227 e. The topological polar surface area (TPSA) is 31.0 Å². The predicted octanol–water partition coefficient (Wildman–Crippen LogP) is 5.20. The third kappa shape index (κ3) is 2.23. The summed E-state index contributed by atoms with van der Waals surface area (Å²) in [5.41, 5.74) is 5.01. The highest BCUT2D eigenvalue weighted by atomic mass is 127. The molecule has 4 heteroatoms. The molecule has 3 nitrogen and oxygen atoms in total. The molecule has 0 atom stereocenters. The van der Waals surface area contributed by atoms with Crippen molar-refractivity contribution in [2.24, 2.45) is 0 Å². The van der Waals surface area contributed by atoms with Crippen LogP contribution in [0.2, 0.25) is 0 Å². The normalized spacial score (nSPS) is 11.2. The van der Waals surface area contributed by atoms with E-state index in [0.717, 1.165) is 22.4 Å². The van der Waals surface area contributed by atoms with Gasteiger partial charge in [-0.25, -0.2) is 4.98 Å². The molecule has 0 amide bonds. The first-order valence-electron chi connectivity index (χ1n) is 7.02. The molecule has 2 aromatic carbocycles. The van der Waals surface area contributed by atoms with Crippen LogP contribution in [0.1, 0.15) is 5.56 Å². The Hall–Kier alpha value is -2.08. The Labute approximate surface area is 141 Å². The Morgan fingerprint density at radius 1 is 1.05 bits per heavy atom. The van der Waals surface area contributed by atoms with Crippen LogP contribution in [0, 0.1) is 10.5 Å². The lowest BCUT2D eigenvalue weighted by Gasteiger charge is -2.02. The average Bonchev–Trinajstić information content (AvgIpc) is 3.17. The van der Waals surface area contributed by atoms with E-state index in [1.54, 1.807) is 0 Å². The van der Waals surface area contributed by atoms with Gasteiger partial charge in [-0.05, 0) is 77.5 Å². The first kappa shape index (κ1) is 13.6. The number of rotatable bonds is 2. The lowest BCUT2D eigenvalue weighted by atomic mass is 10.1. The van der Waals surface area contributed by atoms with Crippen LogP contribution >= 0.6 is 22.6 Å². The number of hydrogen-bond acceptors (Lipinski definition) is 2. The SMILES string of the molecule is Cc1c(I)cccc1-c1nc2cc(-n3cccc3)ccc2o1. The van der Waals surface area contributed by atoms with Gasteiger partial charge < -0.3 is 8.98 Å². The van der Waals surface area contributed by atoms with Crippen LogP contribution in [0.25, 0.3) is 28.2 Å². The summed E-state index contributed by atoms with van der Waals surface area (Å²) in [6, 6.07) is 16.3. The lowest BCUT2D eigenvalue weighted by Crippen LogP contribution is -1.88. The average molecular weight is 400 g/mol. The molecule has 0 N–H and O–H groups in total. The largest absolute Gasteiger partial charge is 0.436 e. The minimum Gasteiger partial charge on any atom is -0.436 e. The number of aromatic nitrogens is 2. The molecular weight excluding hydrogens is 387 g/mol. The van der Waals surface area contributed by atoms with E-state index in [2.05, 4.69) is 51.2 Å². The van der Waals surface area contributed by atoms with Crippen LogP contribution in [0.5, 0.6) is 0 Å². The summed E-state index contributed by atoms with van der Waals surface area (Å²) in [6.07, 6.45) is 4.04. The zero-order chi connectivity index (χ0) is 15.1. The summed E-state index contributed by atoms with van der Waals surface area (Å²) in [5, 5.41) is 0. The molecule has 2 heterocycles. The van der Waals surface area contributed by atoms with Gasteiger partial charge >= 0.3 is 0 Å². The number of benzene rings is 2. The van der Waals surface area contributed by atoms with Gasteiger partial charge in [-0.1, -0.05) is 6.07 Å². The van der Waals surface area contributed by atoms with Crippen LogP contribution in [0.15, 0.2) is 65.3 Å². The Bertz CT molecular complexity index is 955. The molecule has 0 spiro atoms. The van der Waals surface area contributed by atoms with Gasteiger partial charge in [-0.15, -0.1) is 0 Å². The third-order valence-corrected chi connectivity index (χ3v) is 4.94. The molecule has 0 unspecified atom stereocenters. The van der Waals surface area contributed by atoms with E-state index in [-0.39, 0.29) is 0 Å². The molecule has 0 radical (unpaired) electrons. The van der Waals surface area contributed by atoms with Crippen LogP contribution in [0.3, 0.4) is 0 Å². The van der Waals surface area contributed by atoms with Crippen molar-refractivity contribution in [2.45, 2.75) is 6.92 Å². The van der Waals surface area contributed by atoms with Crippen molar-refractivity contribution in [1.82, 2.24) is 9.55 Å². The fraction of sp³-hybridized carbons (Fsp3) is 0.0556. The van der Waals surface area contributed by atoms with Gasteiger partial charge in [-0.2, -0.15) is 0 Å². The number of oxazole rings is 1. The number of nitrogens with zero attached hydrogens (tertiary/aromatic N) is 2. The summed E-state index contributed by atoms with van der Waals surface area (Å²) in [4.78, 5) is 4.67. The van der Waals surface area contributed by atoms with E-state index in [9.17, 15) is 0 Å². The fourth-order valence-corrected chi connectivity index (χ4v) is 3.04. The molecule has 0 saturated carbocycles. The summed E-state index contributed by atoms with van der Waals surface area (Å²) in [7, 11) is 0. The summed E-state index contributed by atoms with van der Waals surface area (Å²) >= 11 is 2.33. The van der Waals surface area contributed by atoms with E-state index in [4.69, 9.17) is 4.42 Å². The smallest absolute Gasteiger partial charge is 0.227 e. The summed E-state index contributed by atoms with van der Waals surface area (Å²) < 4.78 is 9.21. The molecule has 0 aliphatic carbocycles. The monoisotopic (exact) mass is 400 g/mol. The number of hydrogen-bond donors (Lipinski definition) is 0. The Balaban J connectivity index is 1.86. The summed E-state index contributed by atoms with van der Waals surface area (Å²) in [6.45, 7) is 2.09. The number of fused-ring (bicyclic) bond motifs is 1.